The minimum atomic E-state index is -0.0203. The molecule has 1 atom stereocenters. The highest BCUT2D eigenvalue weighted by Crippen LogP contribution is 2.38. The van der Waals surface area contributed by atoms with Crippen molar-refractivity contribution in [3.8, 4) is 0 Å². The number of carbonyl (C=O) groups is 1. The number of anilines is 1. The van der Waals surface area contributed by atoms with Crippen LogP contribution in [-0.4, -0.2) is 10.8 Å². The van der Waals surface area contributed by atoms with Crippen LogP contribution in [0.1, 0.15) is 46.1 Å². The van der Waals surface area contributed by atoms with Crippen LogP contribution in [0.5, 0.6) is 0 Å². The lowest BCUT2D eigenvalue weighted by atomic mass is 9.89. The third kappa shape index (κ3) is 2.92. The van der Waals surface area contributed by atoms with E-state index in [2.05, 4.69) is 36.2 Å². The van der Waals surface area contributed by atoms with Crippen LogP contribution in [0.2, 0.25) is 0 Å². The van der Waals surface area contributed by atoms with Gasteiger partial charge in [0, 0.05) is 22.9 Å². The molecule has 0 saturated carbocycles. The molecular weight excluding hydrogens is 334 g/mol. The molecule has 0 radical (unpaired) electrons. The van der Waals surface area contributed by atoms with Crippen molar-refractivity contribution in [2.45, 2.75) is 32.7 Å². The van der Waals surface area contributed by atoms with E-state index in [9.17, 15) is 4.79 Å². The number of nitrogens with one attached hydrogen (secondary N) is 1. The fourth-order valence-corrected chi connectivity index (χ4v) is 3.59. The first-order valence-corrected chi connectivity index (χ1v) is 8.30. The monoisotopic (exact) mass is 355 g/mol. The second kappa shape index (κ2) is 6.54. The highest BCUT2D eigenvalue weighted by molar-refractivity contribution is 6.10. The lowest BCUT2D eigenvalue weighted by Gasteiger charge is -2.32. The Morgan fingerprint density at radius 1 is 1.08 bits per heavy atom. The van der Waals surface area contributed by atoms with Crippen molar-refractivity contribution in [2.75, 3.05) is 5.01 Å². The predicted molar refractivity (Wildman–Crippen MR) is 104 cm³/mol. The van der Waals surface area contributed by atoms with Crippen molar-refractivity contribution in [1.29, 1.82) is 0 Å². The van der Waals surface area contributed by atoms with Crippen LogP contribution < -0.4 is 10.9 Å². The average Bonchev–Trinajstić information content (AvgIpc) is 2.94. The van der Waals surface area contributed by atoms with Crippen molar-refractivity contribution in [3.05, 3.63) is 64.8 Å². The summed E-state index contributed by atoms with van der Waals surface area (Å²) in [5.74, 6) is 6.64. The van der Waals surface area contributed by atoms with E-state index in [1.807, 2.05) is 25.1 Å². The Morgan fingerprint density at radius 2 is 1.76 bits per heavy atom. The van der Waals surface area contributed by atoms with Gasteiger partial charge in [-0.15, -0.1) is 12.4 Å². The van der Waals surface area contributed by atoms with Crippen LogP contribution >= 0.6 is 12.4 Å². The fraction of sp³-hybridized carbons (Fsp3) is 0.250. The highest BCUT2D eigenvalue weighted by Gasteiger charge is 2.32. The number of hydrogen-bond donors (Lipinski definition) is 2. The third-order valence-corrected chi connectivity index (χ3v) is 4.91. The number of ketones is 1. The molecule has 0 spiro atoms. The van der Waals surface area contributed by atoms with E-state index in [-0.39, 0.29) is 24.2 Å². The first-order valence-electron chi connectivity index (χ1n) is 8.30. The summed E-state index contributed by atoms with van der Waals surface area (Å²) in [6, 6.07) is 14.3. The van der Waals surface area contributed by atoms with E-state index >= 15 is 0 Å². The smallest absolute Gasteiger partial charge is 0.165 e. The van der Waals surface area contributed by atoms with Gasteiger partial charge in [0.05, 0.1) is 17.4 Å². The number of hydrogen-bond acceptors (Lipinski definition) is 3. The fourth-order valence-electron chi connectivity index (χ4n) is 3.59. The summed E-state index contributed by atoms with van der Waals surface area (Å²) >= 11 is 0. The molecule has 1 aliphatic rings. The Hall–Kier alpha value is -2.30. The third-order valence-electron chi connectivity index (χ3n) is 4.91. The van der Waals surface area contributed by atoms with Crippen molar-refractivity contribution in [2.24, 2.45) is 5.84 Å². The zero-order chi connectivity index (χ0) is 16.8. The van der Waals surface area contributed by atoms with Crippen LogP contribution in [0.25, 0.3) is 10.9 Å². The Balaban J connectivity index is 0.00000182. The molecule has 1 heterocycles. The molecule has 3 aromatic rings. The van der Waals surface area contributed by atoms with E-state index in [0.29, 0.717) is 6.42 Å². The topological polar surface area (TPSA) is 62.1 Å². The molecule has 0 fully saturated rings. The van der Waals surface area contributed by atoms with E-state index in [1.165, 1.54) is 5.56 Å². The molecule has 130 valence electrons. The van der Waals surface area contributed by atoms with Crippen LogP contribution in [-0.2, 0) is 0 Å². The van der Waals surface area contributed by atoms with Gasteiger partial charge in [0.25, 0.3) is 0 Å². The van der Waals surface area contributed by atoms with Gasteiger partial charge in [-0.2, -0.15) is 0 Å². The van der Waals surface area contributed by atoms with Gasteiger partial charge in [0.2, 0.25) is 0 Å². The summed E-state index contributed by atoms with van der Waals surface area (Å²) in [5, 5.41) is 2.80. The number of rotatable bonds is 2. The molecule has 0 aliphatic heterocycles. The zero-order valence-corrected chi connectivity index (χ0v) is 15.2. The summed E-state index contributed by atoms with van der Waals surface area (Å²) in [6.07, 6.45) is 1.25. The number of benzene rings is 2. The molecule has 1 aliphatic carbocycles. The SMILES string of the molecule is Cc1ccc(N(N)C2CCC(=O)c3c2[nH]c2ccc(C)cc32)cc1.Cl. The second-order valence-electron chi connectivity index (χ2n) is 6.68. The Kier molecular flexibility index (Phi) is 4.58. The standard InChI is InChI=1S/C20H21N3O.ClH/c1-12-3-6-14(7-4-12)23(21)17-9-10-18(24)19-15-11-13(2)5-8-16(15)22-20(17)19;/h3-8,11,17,22H,9-10,21H2,1-2H3;1H. The van der Waals surface area contributed by atoms with Gasteiger partial charge < -0.3 is 9.99 Å². The number of aryl methyl sites for hydroxylation is 2. The largest absolute Gasteiger partial charge is 0.356 e. The molecule has 3 N–H and O–H groups in total. The Bertz CT molecular complexity index is 930. The number of nitrogens with two attached hydrogens (primary N) is 1. The van der Waals surface area contributed by atoms with Gasteiger partial charge in [-0.3, -0.25) is 4.79 Å². The van der Waals surface area contributed by atoms with Crippen LogP contribution in [0, 0.1) is 13.8 Å². The van der Waals surface area contributed by atoms with Crippen LogP contribution in [0.4, 0.5) is 5.69 Å². The number of hydrazine groups is 1. The van der Waals surface area contributed by atoms with Crippen LogP contribution in [0.3, 0.4) is 0 Å². The lowest BCUT2D eigenvalue weighted by molar-refractivity contribution is 0.0968. The number of aromatic amines is 1. The molecule has 0 saturated heterocycles. The van der Waals surface area contributed by atoms with Crippen molar-refractivity contribution in [1.82, 2.24) is 4.98 Å². The summed E-state index contributed by atoms with van der Waals surface area (Å²) in [7, 11) is 0. The van der Waals surface area contributed by atoms with Crippen molar-refractivity contribution >= 4 is 34.8 Å². The first kappa shape index (κ1) is 17.5. The maximum absolute atomic E-state index is 12.5. The summed E-state index contributed by atoms with van der Waals surface area (Å²) < 4.78 is 0. The van der Waals surface area contributed by atoms with Crippen molar-refractivity contribution < 1.29 is 4.79 Å². The minimum Gasteiger partial charge on any atom is -0.356 e. The summed E-state index contributed by atoms with van der Waals surface area (Å²) in [6.45, 7) is 4.10. The van der Waals surface area contributed by atoms with Gasteiger partial charge in [0.1, 0.15) is 0 Å². The van der Waals surface area contributed by atoms with E-state index in [0.717, 1.165) is 39.8 Å². The number of aromatic nitrogens is 1. The summed E-state index contributed by atoms with van der Waals surface area (Å²) in [4.78, 5) is 16.0. The maximum Gasteiger partial charge on any atom is 0.165 e. The average molecular weight is 356 g/mol. The lowest BCUT2D eigenvalue weighted by Crippen LogP contribution is -2.38. The minimum absolute atomic E-state index is 0. The van der Waals surface area contributed by atoms with Crippen molar-refractivity contribution in [3.63, 3.8) is 0 Å². The van der Waals surface area contributed by atoms with Gasteiger partial charge in [0.15, 0.2) is 5.78 Å². The molecule has 2 aromatic carbocycles. The number of nitrogens with zero attached hydrogens (tertiary/aromatic N) is 1. The van der Waals surface area contributed by atoms with Gasteiger partial charge >= 0.3 is 0 Å². The first-order chi connectivity index (χ1) is 11.5. The normalized spacial score (nSPS) is 16.4. The van der Waals surface area contributed by atoms with E-state index in [1.54, 1.807) is 5.01 Å². The molecule has 25 heavy (non-hydrogen) atoms. The maximum atomic E-state index is 12.5. The van der Waals surface area contributed by atoms with Gasteiger partial charge in [-0.05, 0) is 44.5 Å². The molecule has 4 nitrogen and oxygen atoms in total. The summed E-state index contributed by atoms with van der Waals surface area (Å²) in [5.41, 5.74) is 6.07. The number of carbonyl (C=O) groups excluding carboxylic acids is 1. The molecule has 0 amide bonds. The number of Topliss-reactive ketones (excluding diaryl/α,β-unsaturated/α-hetero) is 1. The molecule has 4 rings (SSSR count). The number of halogens is 1. The molecule has 0 bridgehead atoms. The second-order valence-corrected chi connectivity index (χ2v) is 6.68. The van der Waals surface area contributed by atoms with Crippen LogP contribution in [0.15, 0.2) is 42.5 Å². The Morgan fingerprint density at radius 3 is 2.48 bits per heavy atom. The Labute approximate surface area is 153 Å². The zero-order valence-electron chi connectivity index (χ0n) is 14.4. The molecule has 1 unspecified atom stereocenters. The van der Waals surface area contributed by atoms with Gasteiger partial charge in [-0.25, -0.2) is 5.84 Å². The highest BCUT2D eigenvalue weighted by atomic mass is 35.5. The number of fused-ring (bicyclic) bond motifs is 3. The van der Waals surface area contributed by atoms with E-state index < -0.39 is 0 Å². The van der Waals surface area contributed by atoms with E-state index in [4.69, 9.17) is 5.84 Å². The predicted octanol–water partition coefficient (Wildman–Crippen LogP) is 4.60. The molecule has 1 aromatic heterocycles. The number of H-pyrrole nitrogens is 1. The molecule has 5 heteroatoms. The van der Waals surface area contributed by atoms with Gasteiger partial charge in [-0.1, -0.05) is 29.3 Å². The quantitative estimate of drug-likeness (QED) is 0.521. The molecular formula is C20H22ClN3O.